The Labute approximate surface area is 152 Å². The van der Waals surface area contributed by atoms with E-state index in [1.165, 1.54) is 29.7 Å². The Morgan fingerprint density at radius 2 is 2.08 bits per heavy atom. The summed E-state index contributed by atoms with van der Waals surface area (Å²) < 4.78 is 18.7. The van der Waals surface area contributed by atoms with Gasteiger partial charge in [-0.3, -0.25) is 4.90 Å². The predicted molar refractivity (Wildman–Crippen MR) is 97.1 cm³/mol. The fourth-order valence-corrected chi connectivity index (χ4v) is 3.77. The average Bonchev–Trinajstić information content (AvgIpc) is 3.08. The van der Waals surface area contributed by atoms with Gasteiger partial charge in [0.25, 0.3) is 0 Å². The van der Waals surface area contributed by atoms with E-state index < -0.39 is 0 Å². The second-order valence-electron chi connectivity index (χ2n) is 6.93. The van der Waals surface area contributed by atoms with E-state index in [-0.39, 0.29) is 5.82 Å². The van der Waals surface area contributed by atoms with Crippen LogP contribution in [0.25, 0.3) is 0 Å². The molecule has 26 heavy (non-hydrogen) atoms. The van der Waals surface area contributed by atoms with Gasteiger partial charge in [0.1, 0.15) is 5.82 Å². The van der Waals surface area contributed by atoms with E-state index in [0.29, 0.717) is 30.7 Å². The first kappa shape index (κ1) is 16.9. The number of aryl methyl sites for hydroxylation is 1. The van der Waals surface area contributed by atoms with Crippen molar-refractivity contribution in [2.75, 3.05) is 7.05 Å². The van der Waals surface area contributed by atoms with Crippen LogP contribution in [0.4, 0.5) is 4.39 Å². The quantitative estimate of drug-likeness (QED) is 0.687. The normalized spacial score (nSPS) is 16.7. The molecule has 1 atom stereocenters. The van der Waals surface area contributed by atoms with Crippen LogP contribution in [0.15, 0.2) is 53.1 Å². The van der Waals surface area contributed by atoms with E-state index in [0.717, 1.165) is 18.4 Å². The topological polar surface area (TPSA) is 42.2 Å². The van der Waals surface area contributed by atoms with Crippen LogP contribution in [-0.4, -0.2) is 22.1 Å². The van der Waals surface area contributed by atoms with Crippen molar-refractivity contribution < 1.29 is 8.91 Å². The van der Waals surface area contributed by atoms with E-state index in [2.05, 4.69) is 46.4 Å². The van der Waals surface area contributed by atoms with Gasteiger partial charge in [-0.15, -0.1) is 0 Å². The molecular weight excluding hydrogens is 329 g/mol. The first-order valence-corrected chi connectivity index (χ1v) is 9.03. The Bertz CT molecular complexity index is 892. The maximum atomic E-state index is 13.3. The third kappa shape index (κ3) is 3.68. The van der Waals surface area contributed by atoms with Crippen molar-refractivity contribution in [3.63, 3.8) is 0 Å². The molecule has 4 nitrogen and oxygen atoms in total. The number of fused-ring (bicyclic) bond motifs is 1. The van der Waals surface area contributed by atoms with Crippen molar-refractivity contribution in [3.8, 4) is 0 Å². The highest BCUT2D eigenvalue weighted by atomic mass is 19.1. The molecular formula is C21H22FN3O. The van der Waals surface area contributed by atoms with Gasteiger partial charge in [-0.1, -0.05) is 41.6 Å². The lowest BCUT2D eigenvalue weighted by molar-refractivity contribution is 0.187. The van der Waals surface area contributed by atoms with Crippen LogP contribution >= 0.6 is 0 Å². The van der Waals surface area contributed by atoms with Crippen molar-refractivity contribution >= 4 is 0 Å². The zero-order valence-electron chi connectivity index (χ0n) is 14.9. The largest absolute Gasteiger partial charge is 0.338 e. The predicted octanol–water partition coefficient (Wildman–Crippen LogP) is 4.31. The second-order valence-corrected chi connectivity index (χ2v) is 6.93. The molecule has 1 aliphatic rings. The van der Waals surface area contributed by atoms with Crippen molar-refractivity contribution in [2.24, 2.45) is 0 Å². The zero-order valence-corrected chi connectivity index (χ0v) is 14.9. The van der Waals surface area contributed by atoms with Crippen LogP contribution in [0.1, 0.15) is 47.3 Å². The highest BCUT2D eigenvalue weighted by Gasteiger charge is 2.24. The Kier molecular flexibility index (Phi) is 4.80. The van der Waals surface area contributed by atoms with Crippen molar-refractivity contribution in [2.45, 2.75) is 38.3 Å². The Hall–Kier alpha value is -2.53. The molecule has 1 aliphatic carbocycles. The first-order chi connectivity index (χ1) is 12.7. The highest BCUT2D eigenvalue weighted by Crippen LogP contribution is 2.33. The summed E-state index contributed by atoms with van der Waals surface area (Å²) in [6.45, 7) is 0.606. The van der Waals surface area contributed by atoms with Crippen LogP contribution in [0, 0.1) is 5.82 Å². The molecule has 0 radical (unpaired) electrons. The van der Waals surface area contributed by atoms with Gasteiger partial charge in [-0.05, 0) is 55.1 Å². The summed E-state index contributed by atoms with van der Waals surface area (Å²) in [5.74, 6) is 0.937. The van der Waals surface area contributed by atoms with Gasteiger partial charge in [0.2, 0.25) is 5.89 Å². The molecule has 4 rings (SSSR count). The van der Waals surface area contributed by atoms with Crippen molar-refractivity contribution in [1.82, 2.24) is 15.0 Å². The van der Waals surface area contributed by atoms with Gasteiger partial charge < -0.3 is 4.52 Å². The molecule has 0 amide bonds. The lowest BCUT2D eigenvalue weighted by Crippen LogP contribution is -2.27. The number of hydrogen-bond acceptors (Lipinski definition) is 4. The summed E-state index contributed by atoms with van der Waals surface area (Å²) in [5.41, 5.74) is 3.68. The van der Waals surface area contributed by atoms with E-state index in [1.54, 1.807) is 6.07 Å². The second kappa shape index (κ2) is 7.38. The minimum atomic E-state index is -0.248. The van der Waals surface area contributed by atoms with Crippen LogP contribution in [-0.2, 0) is 19.4 Å². The fraction of sp³-hybridized carbons (Fsp3) is 0.333. The number of nitrogens with zero attached hydrogens (tertiary/aromatic N) is 3. The van der Waals surface area contributed by atoms with Crippen LogP contribution in [0.3, 0.4) is 0 Å². The monoisotopic (exact) mass is 351 g/mol. The van der Waals surface area contributed by atoms with Gasteiger partial charge in [0.05, 0.1) is 6.54 Å². The van der Waals surface area contributed by atoms with Crippen LogP contribution in [0.2, 0.25) is 0 Å². The van der Waals surface area contributed by atoms with Crippen LogP contribution in [0.5, 0.6) is 0 Å². The molecule has 0 N–H and O–H groups in total. The number of hydrogen-bond donors (Lipinski definition) is 0. The molecule has 0 saturated carbocycles. The van der Waals surface area contributed by atoms with Crippen molar-refractivity contribution in [3.05, 3.63) is 82.8 Å². The smallest absolute Gasteiger partial charge is 0.240 e. The average molecular weight is 351 g/mol. The minimum absolute atomic E-state index is 0.248. The van der Waals surface area contributed by atoms with Crippen molar-refractivity contribution in [1.29, 1.82) is 0 Å². The highest BCUT2D eigenvalue weighted by molar-refractivity contribution is 5.32. The van der Waals surface area contributed by atoms with E-state index in [1.807, 2.05) is 6.07 Å². The molecule has 0 fully saturated rings. The van der Waals surface area contributed by atoms with Crippen LogP contribution < -0.4 is 0 Å². The molecule has 0 saturated heterocycles. The molecule has 5 heteroatoms. The Balaban J connectivity index is 1.44. The van der Waals surface area contributed by atoms with Gasteiger partial charge in [0.15, 0.2) is 5.82 Å². The summed E-state index contributed by atoms with van der Waals surface area (Å²) in [7, 11) is 2.10. The maximum Gasteiger partial charge on any atom is 0.240 e. The molecule has 0 spiro atoms. The summed E-state index contributed by atoms with van der Waals surface area (Å²) in [6, 6.07) is 15.5. The lowest BCUT2D eigenvalue weighted by atomic mass is 9.87. The van der Waals surface area contributed by atoms with Gasteiger partial charge in [0, 0.05) is 12.5 Å². The third-order valence-corrected chi connectivity index (χ3v) is 5.02. The maximum absolute atomic E-state index is 13.3. The molecule has 0 aliphatic heterocycles. The molecule has 0 bridgehead atoms. The molecule has 3 aromatic rings. The van der Waals surface area contributed by atoms with E-state index >= 15 is 0 Å². The molecule has 1 heterocycles. The summed E-state index contributed by atoms with van der Waals surface area (Å²) in [4.78, 5) is 6.76. The summed E-state index contributed by atoms with van der Waals surface area (Å²) in [6.07, 6.45) is 3.95. The molecule has 1 aromatic heterocycles. The third-order valence-electron chi connectivity index (χ3n) is 5.02. The SMILES string of the molecule is CN(Cc1nc(Cc2cccc(F)c2)no1)C1CCCc2ccccc21. The van der Waals surface area contributed by atoms with E-state index in [4.69, 9.17) is 4.52 Å². The number of benzene rings is 2. The Morgan fingerprint density at radius 1 is 1.19 bits per heavy atom. The summed E-state index contributed by atoms with van der Waals surface area (Å²) in [5, 5.41) is 4.05. The number of rotatable bonds is 5. The van der Waals surface area contributed by atoms with Gasteiger partial charge in [-0.2, -0.15) is 4.98 Å². The lowest BCUT2D eigenvalue weighted by Gasteiger charge is -2.32. The zero-order chi connectivity index (χ0) is 17.9. The molecule has 134 valence electrons. The Morgan fingerprint density at radius 3 is 2.96 bits per heavy atom. The van der Waals surface area contributed by atoms with E-state index in [9.17, 15) is 4.39 Å². The minimum Gasteiger partial charge on any atom is -0.338 e. The fourth-order valence-electron chi connectivity index (χ4n) is 3.77. The standard InChI is InChI=1S/C21H22FN3O/c1-25(19-11-5-8-16-7-2-3-10-18(16)19)14-21-23-20(24-26-21)13-15-6-4-9-17(22)12-15/h2-4,6-7,9-10,12,19H,5,8,11,13-14H2,1H3. The number of aromatic nitrogens is 2. The van der Waals surface area contributed by atoms with Gasteiger partial charge >= 0.3 is 0 Å². The van der Waals surface area contributed by atoms with Gasteiger partial charge in [-0.25, -0.2) is 4.39 Å². The molecule has 1 unspecified atom stereocenters. The number of halogens is 1. The summed E-state index contributed by atoms with van der Waals surface area (Å²) >= 11 is 0. The molecule has 2 aromatic carbocycles. The first-order valence-electron chi connectivity index (χ1n) is 9.03.